The van der Waals surface area contributed by atoms with E-state index in [1.165, 1.54) is 6.42 Å². The second-order valence-corrected chi connectivity index (χ2v) is 6.64. The van der Waals surface area contributed by atoms with E-state index in [1.807, 2.05) is 6.07 Å². The van der Waals surface area contributed by atoms with Gasteiger partial charge in [0.05, 0.1) is 12.3 Å². The van der Waals surface area contributed by atoms with Gasteiger partial charge in [0.25, 0.3) is 0 Å². The highest BCUT2D eigenvalue weighted by Crippen LogP contribution is 2.43. The first kappa shape index (κ1) is 13.6. The summed E-state index contributed by atoms with van der Waals surface area (Å²) in [4.78, 5) is 0. The zero-order valence-corrected chi connectivity index (χ0v) is 11.6. The number of aromatic nitrogens is 1. The molecule has 0 aromatic carbocycles. The maximum absolute atomic E-state index is 9.81. The number of aliphatic hydroxyl groups excluding tert-OH is 1. The van der Waals surface area contributed by atoms with Crippen LogP contribution in [0, 0.1) is 11.3 Å². The van der Waals surface area contributed by atoms with Crippen molar-refractivity contribution < 1.29 is 9.63 Å². The average molecular weight is 252 g/mol. The van der Waals surface area contributed by atoms with Gasteiger partial charge in [0.1, 0.15) is 6.26 Å². The lowest BCUT2D eigenvalue weighted by Crippen LogP contribution is -2.54. The van der Waals surface area contributed by atoms with Crippen molar-refractivity contribution in [3.63, 3.8) is 0 Å². The van der Waals surface area contributed by atoms with E-state index >= 15 is 0 Å². The monoisotopic (exact) mass is 252 g/mol. The van der Waals surface area contributed by atoms with Gasteiger partial charge in [-0.2, -0.15) is 0 Å². The number of nitrogens with one attached hydrogen (secondary N) is 1. The Morgan fingerprint density at radius 2 is 2.28 bits per heavy atom. The Hall–Kier alpha value is -0.870. The van der Waals surface area contributed by atoms with Crippen LogP contribution >= 0.6 is 0 Å². The second-order valence-electron chi connectivity index (χ2n) is 6.64. The summed E-state index contributed by atoms with van der Waals surface area (Å²) in [5.41, 5.74) is 0.982. The van der Waals surface area contributed by atoms with Crippen molar-refractivity contribution in [1.82, 2.24) is 10.5 Å². The summed E-state index contributed by atoms with van der Waals surface area (Å²) in [6, 6.07) is 1.86. The number of hydrogen-bond acceptors (Lipinski definition) is 4. The van der Waals surface area contributed by atoms with Crippen molar-refractivity contribution in [1.29, 1.82) is 0 Å². The van der Waals surface area contributed by atoms with Crippen LogP contribution in [0.5, 0.6) is 0 Å². The topological polar surface area (TPSA) is 58.3 Å². The van der Waals surface area contributed by atoms with Crippen LogP contribution < -0.4 is 5.32 Å². The number of nitrogens with zero attached hydrogens (tertiary/aromatic N) is 1. The number of hydrogen-bond donors (Lipinski definition) is 2. The lowest BCUT2D eigenvalue weighted by molar-refractivity contribution is 0.0349. The summed E-state index contributed by atoms with van der Waals surface area (Å²) in [6.45, 7) is 7.66. The molecule has 2 unspecified atom stereocenters. The average Bonchev–Trinajstić information content (AvgIpc) is 2.76. The fourth-order valence-electron chi connectivity index (χ4n) is 3.66. The molecule has 4 nitrogen and oxygen atoms in total. The van der Waals surface area contributed by atoms with Crippen LogP contribution in [0.1, 0.15) is 45.7 Å². The van der Waals surface area contributed by atoms with Gasteiger partial charge in [-0.15, -0.1) is 0 Å². The van der Waals surface area contributed by atoms with E-state index in [-0.39, 0.29) is 17.6 Å². The molecule has 102 valence electrons. The molecule has 18 heavy (non-hydrogen) atoms. The zero-order valence-electron chi connectivity index (χ0n) is 11.6. The van der Waals surface area contributed by atoms with Gasteiger partial charge in [0, 0.05) is 18.2 Å². The molecule has 1 aromatic rings. The van der Waals surface area contributed by atoms with Gasteiger partial charge in [-0.05, 0) is 30.6 Å². The normalized spacial score (nSPS) is 31.4. The second kappa shape index (κ2) is 5.02. The first-order chi connectivity index (χ1) is 8.45. The lowest BCUT2D eigenvalue weighted by atomic mass is 9.64. The number of rotatable bonds is 4. The maximum atomic E-state index is 9.81. The molecule has 2 atom stereocenters. The molecule has 1 heterocycles. The molecule has 0 bridgehead atoms. The fourth-order valence-corrected chi connectivity index (χ4v) is 3.66. The summed E-state index contributed by atoms with van der Waals surface area (Å²) in [5, 5.41) is 17.2. The summed E-state index contributed by atoms with van der Waals surface area (Å²) in [6.07, 6.45) is 4.82. The van der Waals surface area contributed by atoms with Crippen molar-refractivity contribution in [2.45, 2.75) is 52.1 Å². The van der Waals surface area contributed by atoms with Crippen molar-refractivity contribution in [3.8, 4) is 0 Å². The molecule has 4 heteroatoms. The molecular formula is C14H24N2O2. The quantitative estimate of drug-likeness (QED) is 0.863. The first-order valence-electron chi connectivity index (χ1n) is 6.70. The van der Waals surface area contributed by atoms with Crippen LogP contribution in [0.2, 0.25) is 0 Å². The predicted molar refractivity (Wildman–Crippen MR) is 70.0 cm³/mol. The highest BCUT2D eigenvalue weighted by molar-refractivity contribution is 5.02. The molecule has 2 N–H and O–H groups in total. The minimum absolute atomic E-state index is 0.179. The fraction of sp³-hybridized carbons (Fsp3) is 0.786. The van der Waals surface area contributed by atoms with E-state index in [1.54, 1.807) is 6.26 Å². The Bertz CT molecular complexity index is 375. The van der Waals surface area contributed by atoms with E-state index in [2.05, 4.69) is 31.2 Å². The van der Waals surface area contributed by atoms with E-state index < -0.39 is 0 Å². The van der Waals surface area contributed by atoms with Crippen molar-refractivity contribution in [2.75, 3.05) is 6.61 Å². The van der Waals surface area contributed by atoms with Gasteiger partial charge in [-0.3, -0.25) is 0 Å². The molecule has 2 rings (SSSR count). The zero-order chi connectivity index (χ0) is 13.2. The van der Waals surface area contributed by atoms with E-state index in [9.17, 15) is 5.11 Å². The van der Waals surface area contributed by atoms with E-state index in [4.69, 9.17) is 4.52 Å². The molecule has 1 aromatic heterocycles. The van der Waals surface area contributed by atoms with Crippen LogP contribution in [0.15, 0.2) is 16.9 Å². The molecule has 0 spiro atoms. The molecule has 0 radical (unpaired) electrons. The molecule has 1 aliphatic rings. The molecule has 1 aliphatic carbocycles. The number of aliphatic hydroxyl groups is 1. The third-order valence-electron chi connectivity index (χ3n) is 3.90. The van der Waals surface area contributed by atoms with Gasteiger partial charge in [-0.25, -0.2) is 0 Å². The highest BCUT2D eigenvalue weighted by Gasteiger charge is 2.42. The highest BCUT2D eigenvalue weighted by atomic mass is 16.5. The SMILES string of the molecule is CC1CC(C)(C)CC(CO)(NCc2ccon2)C1. The van der Waals surface area contributed by atoms with Gasteiger partial charge in [0.15, 0.2) is 0 Å². The summed E-state index contributed by atoms with van der Waals surface area (Å²) in [7, 11) is 0. The van der Waals surface area contributed by atoms with Crippen LogP contribution in [-0.2, 0) is 6.54 Å². The molecule has 1 fully saturated rings. The minimum Gasteiger partial charge on any atom is -0.394 e. The standard InChI is InChI=1S/C14H24N2O2/c1-11-6-13(2,3)9-14(7-11,10-17)15-8-12-4-5-18-16-12/h4-5,11,15,17H,6-10H2,1-3H3. The van der Waals surface area contributed by atoms with Gasteiger partial charge < -0.3 is 14.9 Å². The molecule has 0 amide bonds. The molecular weight excluding hydrogens is 228 g/mol. The van der Waals surface area contributed by atoms with Crippen LogP contribution in [0.25, 0.3) is 0 Å². The van der Waals surface area contributed by atoms with Crippen LogP contribution in [0.4, 0.5) is 0 Å². The molecule has 1 saturated carbocycles. The first-order valence-corrected chi connectivity index (χ1v) is 6.70. The molecule has 0 aliphatic heterocycles. The van der Waals surface area contributed by atoms with Crippen molar-refractivity contribution in [2.24, 2.45) is 11.3 Å². The third-order valence-corrected chi connectivity index (χ3v) is 3.90. The Balaban J connectivity index is 2.05. The summed E-state index contributed by atoms with van der Waals surface area (Å²) >= 11 is 0. The Morgan fingerprint density at radius 1 is 1.50 bits per heavy atom. The summed E-state index contributed by atoms with van der Waals surface area (Å²) in [5.74, 6) is 0.630. The Labute approximate surface area is 109 Å². The van der Waals surface area contributed by atoms with E-state index in [0.29, 0.717) is 12.5 Å². The van der Waals surface area contributed by atoms with Crippen molar-refractivity contribution >= 4 is 0 Å². The molecule has 0 saturated heterocycles. The van der Waals surface area contributed by atoms with Gasteiger partial charge in [0.2, 0.25) is 0 Å². The van der Waals surface area contributed by atoms with E-state index in [0.717, 1.165) is 18.5 Å². The van der Waals surface area contributed by atoms with Gasteiger partial charge >= 0.3 is 0 Å². The van der Waals surface area contributed by atoms with Crippen LogP contribution in [0.3, 0.4) is 0 Å². The minimum atomic E-state index is -0.180. The van der Waals surface area contributed by atoms with Crippen molar-refractivity contribution in [3.05, 3.63) is 18.0 Å². The smallest absolute Gasteiger partial charge is 0.124 e. The van der Waals surface area contributed by atoms with Crippen LogP contribution in [-0.4, -0.2) is 22.4 Å². The third kappa shape index (κ3) is 3.12. The Kier molecular flexibility index (Phi) is 3.78. The van der Waals surface area contributed by atoms with Gasteiger partial charge in [-0.1, -0.05) is 25.9 Å². The Morgan fingerprint density at radius 3 is 2.83 bits per heavy atom. The lowest BCUT2D eigenvalue weighted by Gasteiger charge is -2.47. The summed E-state index contributed by atoms with van der Waals surface area (Å²) < 4.78 is 4.83. The maximum Gasteiger partial charge on any atom is 0.124 e. The predicted octanol–water partition coefficient (Wildman–Crippen LogP) is 2.34. The largest absolute Gasteiger partial charge is 0.394 e.